The molecular weight excluding hydrogens is 342 g/mol. The molecule has 1 aliphatic rings. The summed E-state index contributed by atoms with van der Waals surface area (Å²) >= 11 is 0. The second kappa shape index (κ2) is 9.02. The van der Waals surface area contributed by atoms with Gasteiger partial charge in [0, 0.05) is 6.54 Å². The zero-order chi connectivity index (χ0) is 20.0. The van der Waals surface area contributed by atoms with Crippen LogP contribution in [-0.2, 0) is 15.1 Å². The number of hydrogen-bond donors (Lipinski definition) is 2. The summed E-state index contributed by atoms with van der Waals surface area (Å²) in [6.45, 7) is 8.32. The molecule has 1 heterocycles. The fraction of sp³-hybridized carbons (Fsp3) is 0.571. The Bertz CT molecular complexity index is 684. The molecule has 2 rings (SSSR count). The SMILES string of the molecule is CCCCCCNC(=O)CN1C(=O)N[C@@](C)(c2ccc(C(C)C)cc2)C1=O. The summed E-state index contributed by atoms with van der Waals surface area (Å²) in [7, 11) is 0. The standard InChI is InChI=1S/C21H31N3O3/c1-5-6-7-8-13-22-18(25)14-24-19(26)21(4,23-20(24)27)17-11-9-16(10-12-17)15(2)3/h9-12,15H,5-8,13-14H2,1-4H3,(H,22,25)(H,23,27)/t21-/m0/s1. The topological polar surface area (TPSA) is 78.5 Å². The number of nitrogens with one attached hydrogen (secondary N) is 2. The van der Waals surface area contributed by atoms with Crippen LogP contribution in [0.4, 0.5) is 4.79 Å². The van der Waals surface area contributed by atoms with E-state index in [1.165, 1.54) is 5.56 Å². The van der Waals surface area contributed by atoms with Gasteiger partial charge in [0.25, 0.3) is 5.91 Å². The summed E-state index contributed by atoms with van der Waals surface area (Å²) < 4.78 is 0. The summed E-state index contributed by atoms with van der Waals surface area (Å²) in [4.78, 5) is 38.3. The van der Waals surface area contributed by atoms with Crippen LogP contribution in [0.5, 0.6) is 0 Å². The molecule has 0 aliphatic carbocycles. The van der Waals surface area contributed by atoms with Crippen molar-refractivity contribution in [2.24, 2.45) is 0 Å². The van der Waals surface area contributed by atoms with Crippen molar-refractivity contribution in [3.63, 3.8) is 0 Å². The van der Waals surface area contributed by atoms with Crippen molar-refractivity contribution >= 4 is 17.8 Å². The number of carbonyl (C=O) groups is 3. The van der Waals surface area contributed by atoms with Crippen LogP contribution in [-0.4, -0.2) is 35.8 Å². The molecule has 1 aromatic rings. The zero-order valence-electron chi connectivity index (χ0n) is 16.8. The van der Waals surface area contributed by atoms with E-state index in [0.29, 0.717) is 18.0 Å². The molecule has 0 unspecified atom stereocenters. The van der Waals surface area contributed by atoms with Gasteiger partial charge in [-0.15, -0.1) is 0 Å². The third-order valence-electron chi connectivity index (χ3n) is 5.08. The number of carbonyl (C=O) groups excluding carboxylic acids is 3. The van der Waals surface area contributed by atoms with E-state index in [9.17, 15) is 14.4 Å². The monoisotopic (exact) mass is 373 g/mol. The van der Waals surface area contributed by atoms with E-state index >= 15 is 0 Å². The lowest BCUT2D eigenvalue weighted by Crippen LogP contribution is -2.43. The molecule has 0 spiro atoms. The second-order valence-corrected chi connectivity index (χ2v) is 7.63. The van der Waals surface area contributed by atoms with Gasteiger partial charge in [0.15, 0.2) is 0 Å². The van der Waals surface area contributed by atoms with Crippen molar-refractivity contribution < 1.29 is 14.4 Å². The van der Waals surface area contributed by atoms with Gasteiger partial charge in [0.1, 0.15) is 12.1 Å². The zero-order valence-corrected chi connectivity index (χ0v) is 16.8. The van der Waals surface area contributed by atoms with Gasteiger partial charge in [0.2, 0.25) is 5.91 Å². The van der Waals surface area contributed by atoms with Gasteiger partial charge in [0.05, 0.1) is 0 Å². The lowest BCUT2D eigenvalue weighted by atomic mass is 9.90. The lowest BCUT2D eigenvalue weighted by Gasteiger charge is -2.22. The molecule has 148 valence electrons. The van der Waals surface area contributed by atoms with E-state index in [1.807, 2.05) is 24.3 Å². The van der Waals surface area contributed by atoms with Crippen LogP contribution >= 0.6 is 0 Å². The Labute approximate surface area is 161 Å². The van der Waals surface area contributed by atoms with Crippen LogP contribution in [0.25, 0.3) is 0 Å². The van der Waals surface area contributed by atoms with Gasteiger partial charge in [-0.25, -0.2) is 4.79 Å². The number of imide groups is 1. The summed E-state index contributed by atoms with van der Waals surface area (Å²) in [6.07, 6.45) is 4.23. The Balaban J connectivity index is 1.99. The highest BCUT2D eigenvalue weighted by Crippen LogP contribution is 2.29. The normalized spacial score (nSPS) is 19.5. The minimum absolute atomic E-state index is 0.252. The van der Waals surface area contributed by atoms with Gasteiger partial charge in [-0.05, 0) is 30.4 Å². The van der Waals surface area contributed by atoms with E-state index in [2.05, 4.69) is 31.4 Å². The number of hydrogen-bond acceptors (Lipinski definition) is 3. The molecule has 6 heteroatoms. The number of rotatable bonds is 9. The van der Waals surface area contributed by atoms with Crippen LogP contribution in [0.1, 0.15) is 70.4 Å². The average Bonchev–Trinajstić information content (AvgIpc) is 2.85. The van der Waals surface area contributed by atoms with Crippen LogP contribution < -0.4 is 10.6 Å². The molecule has 2 N–H and O–H groups in total. The summed E-state index contributed by atoms with van der Waals surface area (Å²) in [5, 5.41) is 5.53. The molecule has 0 aromatic heterocycles. The van der Waals surface area contributed by atoms with Crippen molar-refractivity contribution in [3.05, 3.63) is 35.4 Å². The maximum absolute atomic E-state index is 12.9. The molecule has 0 bridgehead atoms. The maximum Gasteiger partial charge on any atom is 0.325 e. The Kier molecular flexibility index (Phi) is 6.99. The van der Waals surface area contributed by atoms with Crippen LogP contribution in [0.2, 0.25) is 0 Å². The van der Waals surface area contributed by atoms with E-state index < -0.39 is 17.5 Å². The molecule has 0 saturated carbocycles. The van der Waals surface area contributed by atoms with E-state index in [4.69, 9.17) is 0 Å². The second-order valence-electron chi connectivity index (χ2n) is 7.63. The first-order chi connectivity index (χ1) is 12.8. The first-order valence-corrected chi connectivity index (χ1v) is 9.80. The molecule has 1 atom stereocenters. The first-order valence-electron chi connectivity index (χ1n) is 9.80. The summed E-state index contributed by atoms with van der Waals surface area (Å²) in [6, 6.07) is 7.14. The van der Waals surface area contributed by atoms with Crippen LogP contribution in [0, 0.1) is 0 Å². The van der Waals surface area contributed by atoms with Gasteiger partial charge in [-0.3, -0.25) is 14.5 Å². The molecule has 0 radical (unpaired) electrons. The third-order valence-corrected chi connectivity index (χ3v) is 5.08. The van der Waals surface area contributed by atoms with Crippen LogP contribution in [0.15, 0.2) is 24.3 Å². The Hall–Kier alpha value is -2.37. The molecule has 1 aliphatic heterocycles. The largest absolute Gasteiger partial charge is 0.355 e. The maximum atomic E-state index is 12.9. The average molecular weight is 373 g/mol. The Morgan fingerprint density at radius 2 is 1.81 bits per heavy atom. The van der Waals surface area contributed by atoms with Crippen molar-refractivity contribution in [2.45, 2.75) is 64.8 Å². The highest BCUT2D eigenvalue weighted by molar-refractivity contribution is 6.09. The number of benzene rings is 1. The predicted molar refractivity (Wildman–Crippen MR) is 105 cm³/mol. The molecule has 27 heavy (non-hydrogen) atoms. The molecule has 6 nitrogen and oxygen atoms in total. The number of urea groups is 1. The molecule has 1 fully saturated rings. The van der Waals surface area contributed by atoms with Crippen molar-refractivity contribution in [1.82, 2.24) is 15.5 Å². The van der Waals surface area contributed by atoms with Gasteiger partial charge >= 0.3 is 6.03 Å². The lowest BCUT2D eigenvalue weighted by molar-refractivity contribution is -0.134. The number of amides is 4. The van der Waals surface area contributed by atoms with Gasteiger partial charge in [-0.2, -0.15) is 0 Å². The smallest absolute Gasteiger partial charge is 0.325 e. The number of unbranched alkanes of at least 4 members (excludes halogenated alkanes) is 3. The third kappa shape index (κ3) is 4.87. The predicted octanol–water partition coefficient (Wildman–Crippen LogP) is 3.27. The summed E-state index contributed by atoms with van der Waals surface area (Å²) in [5.74, 6) is -0.321. The molecule has 4 amide bonds. The van der Waals surface area contributed by atoms with Crippen molar-refractivity contribution in [2.75, 3.05) is 13.1 Å². The Morgan fingerprint density at radius 1 is 1.15 bits per heavy atom. The van der Waals surface area contributed by atoms with Crippen molar-refractivity contribution in [3.8, 4) is 0 Å². The minimum atomic E-state index is -1.14. The van der Waals surface area contributed by atoms with E-state index in [1.54, 1.807) is 6.92 Å². The first kappa shape index (κ1) is 20.9. The van der Waals surface area contributed by atoms with Crippen LogP contribution in [0.3, 0.4) is 0 Å². The van der Waals surface area contributed by atoms with Gasteiger partial charge < -0.3 is 10.6 Å². The quantitative estimate of drug-likeness (QED) is 0.515. The number of nitrogens with zero attached hydrogens (tertiary/aromatic N) is 1. The van der Waals surface area contributed by atoms with Crippen molar-refractivity contribution in [1.29, 1.82) is 0 Å². The molecular formula is C21H31N3O3. The fourth-order valence-electron chi connectivity index (χ4n) is 3.22. The Morgan fingerprint density at radius 3 is 2.41 bits per heavy atom. The highest BCUT2D eigenvalue weighted by atomic mass is 16.2. The minimum Gasteiger partial charge on any atom is -0.355 e. The summed E-state index contributed by atoms with van der Waals surface area (Å²) in [5.41, 5.74) is 0.736. The molecule has 1 aromatic carbocycles. The molecule has 1 saturated heterocycles. The highest BCUT2D eigenvalue weighted by Gasteiger charge is 2.49. The fourth-order valence-corrected chi connectivity index (χ4v) is 3.22. The van der Waals surface area contributed by atoms with Gasteiger partial charge in [-0.1, -0.05) is 64.3 Å². The van der Waals surface area contributed by atoms with E-state index in [0.717, 1.165) is 30.6 Å². The van der Waals surface area contributed by atoms with E-state index in [-0.39, 0.29) is 12.5 Å².